The summed E-state index contributed by atoms with van der Waals surface area (Å²) in [7, 11) is 0. The Morgan fingerprint density at radius 1 is 1.19 bits per heavy atom. The second kappa shape index (κ2) is 3.86. The molecule has 5 heteroatoms. The fraction of sp³-hybridized carbons (Fsp3) is 0. The minimum absolute atomic E-state index is 0.229. The topological polar surface area (TPSA) is 89.3 Å². The quantitative estimate of drug-likeness (QED) is 0.695. The third-order valence-electron chi connectivity index (χ3n) is 2.25. The van der Waals surface area contributed by atoms with Crippen LogP contribution in [0.1, 0.15) is 10.4 Å². The molecule has 0 aliphatic carbocycles. The maximum Gasteiger partial charge on any atom is 0.337 e. The van der Waals surface area contributed by atoms with Crippen LogP contribution in [-0.4, -0.2) is 11.1 Å². The molecule has 0 aliphatic rings. The average Bonchev–Trinajstić information content (AvgIpc) is 2.62. The van der Waals surface area contributed by atoms with E-state index in [1.54, 1.807) is 29.6 Å². The molecular weight excluding hydrogens is 224 g/mol. The van der Waals surface area contributed by atoms with Gasteiger partial charge in [0.1, 0.15) is 0 Å². The number of benzene rings is 1. The molecule has 1 heterocycles. The van der Waals surface area contributed by atoms with Crippen LogP contribution in [0.2, 0.25) is 0 Å². The van der Waals surface area contributed by atoms with E-state index in [0.717, 1.165) is 5.56 Å². The highest BCUT2D eigenvalue weighted by Crippen LogP contribution is 2.35. The Kier molecular flexibility index (Phi) is 2.54. The molecule has 0 amide bonds. The smallest absolute Gasteiger partial charge is 0.337 e. The molecule has 4 nitrogen and oxygen atoms in total. The summed E-state index contributed by atoms with van der Waals surface area (Å²) in [6, 6.07) is 6.97. The Morgan fingerprint density at radius 2 is 1.81 bits per heavy atom. The zero-order chi connectivity index (χ0) is 11.7. The first-order chi connectivity index (χ1) is 7.59. The van der Waals surface area contributed by atoms with Crippen LogP contribution in [0.5, 0.6) is 0 Å². The monoisotopic (exact) mass is 234 g/mol. The standard InChI is InChI=1S/C11H10N2O2S/c12-7-3-1-6(2-4-7)9-8(11(14)15)5-16-10(9)13/h1-5H,12-13H2,(H,14,15). The molecule has 5 N–H and O–H groups in total. The number of carboxylic acids is 1. The van der Waals surface area contributed by atoms with Crippen molar-refractivity contribution >= 4 is 28.0 Å². The first kappa shape index (κ1) is 10.5. The maximum atomic E-state index is 11.0. The summed E-state index contributed by atoms with van der Waals surface area (Å²) in [4.78, 5) is 11.0. The number of nitrogens with two attached hydrogens (primary N) is 2. The van der Waals surface area contributed by atoms with Crippen LogP contribution >= 0.6 is 11.3 Å². The number of hydrogen-bond donors (Lipinski definition) is 3. The summed E-state index contributed by atoms with van der Waals surface area (Å²) in [6.07, 6.45) is 0. The molecule has 0 aliphatic heterocycles. The minimum atomic E-state index is -0.972. The number of thiophene rings is 1. The maximum absolute atomic E-state index is 11.0. The van der Waals surface area contributed by atoms with Crippen LogP contribution in [-0.2, 0) is 0 Å². The van der Waals surface area contributed by atoms with Gasteiger partial charge in [0.25, 0.3) is 0 Å². The summed E-state index contributed by atoms with van der Waals surface area (Å²) in [6.45, 7) is 0. The van der Waals surface area contributed by atoms with Crippen molar-refractivity contribution in [3.8, 4) is 11.1 Å². The van der Waals surface area contributed by atoms with Crippen LogP contribution in [0.25, 0.3) is 11.1 Å². The van der Waals surface area contributed by atoms with E-state index in [2.05, 4.69) is 0 Å². The molecule has 1 aromatic carbocycles. The molecule has 0 fully saturated rings. The van der Waals surface area contributed by atoms with E-state index < -0.39 is 5.97 Å². The van der Waals surface area contributed by atoms with E-state index in [1.165, 1.54) is 11.3 Å². The summed E-state index contributed by atoms with van der Waals surface area (Å²) in [5.74, 6) is -0.972. The molecule has 0 bridgehead atoms. The first-order valence-electron chi connectivity index (χ1n) is 4.55. The number of aromatic carboxylic acids is 1. The highest BCUT2D eigenvalue weighted by molar-refractivity contribution is 7.15. The molecule has 0 spiro atoms. The van der Waals surface area contributed by atoms with Gasteiger partial charge in [-0.25, -0.2) is 4.79 Å². The van der Waals surface area contributed by atoms with Gasteiger partial charge in [0.05, 0.1) is 10.6 Å². The summed E-state index contributed by atoms with van der Waals surface area (Å²) >= 11 is 1.22. The lowest BCUT2D eigenvalue weighted by Crippen LogP contribution is -1.97. The average molecular weight is 234 g/mol. The molecule has 0 saturated heterocycles. The van der Waals surface area contributed by atoms with Gasteiger partial charge in [-0.05, 0) is 17.7 Å². The Balaban J connectivity index is 2.58. The van der Waals surface area contributed by atoms with Crippen molar-refractivity contribution in [2.75, 3.05) is 11.5 Å². The van der Waals surface area contributed by atoms with Crippen molar-refractivity contribution in [2.24, 2.45) is 0 Å². The summed E-state index contributed by atoms with van der Waals surface area (Å²) in [5, 5.41) is 11.1. The molecule has 2 aromatic rings. The van der Waals surface area contributed by atoms with Crippen molar-refractivity contribution < 1.29 is 9.90 Å². The number of nitrogen functional groups attached to an aromatic ring is 2. The van der Waals surface area contributed by atoms with Crippen LogP contribution in [0.15, 0.2) is 29.6 Å². The Hall–Kier alpha value is -2.01. The lowest BCUT2D eigenvalue weighted by Gasteiger charge is -2.03. The number of carbonyl (C=O) groups is 1. The van der Waals surface area contributed by atoms with Gasteiger partial charge in [-0.1, -0.05) is 12.1 Å². The van der Waals surface area contributed by atoms with Crippen LogP contribution in [0.4, 0.5) is 10.7 Å². The Bertz CT molecular complexity index is 531. The van der Waals surface area contributed by atoms with Gasteiger partial charge in [-0.15, -0.1) is 11.3 Å². The molecule has 16 heavy (non-hydrogen) atoms. The van der Waals surface area contributed by atoms with Gasteiger partial charge < -0.3 is 16.6 Å². The van der Waals surface area contributed by atoms with E-state index >= 15 is 0 Å². The highest BCUT2D eigenvalue weighted by Gasteiger charge is 2.16. The van der Waals surface area contributed by atoms with E-state index in [1.807, 2.05) is 0 Å². The van der Waals surface area contributed by atoms with E-state index in [9.17, 15) is 4.79 Å². The van der Waals surface area contributed by atoms with Gasteiger partial charge in [0.2, 0.25) is 0 Å². The zero-order valence-electron chi connectivity index (χ0n) is 8.31. The van der Waals surface area contributed by atoms with Crippen molar-refractivity contribution in [1.82, 2.24) is 0 Å². The van der Waals surface area contributed by atoms with Crippen LogP contribution in [0, 0.1) is 0 Å². The van der Waals surface area contributed by atoms with Crippen molar-refractivity contribution in [2.45, 2.75) is 0 Å². The molecule has 82 valence electrons. The lowest BCUT2D eigenvalue weighted by molar-refractivity contribution is 0.0698. The first-order valence-corrected chi connectivity index (χ1v) is 5.43. The van der Waals surface area contributed by atoms with E-state index in [-0.39, 0.29) is 5.56 Å². The number of hydrogen-bond acceptors (Lipinski definition) is 4. The Labute approximate surface area is 96.1 Å². The summed E-state index contributed by atoms with van der Waals surface area (Å²) < 4.78 is 0. The van der Waals surface area contributed by atoms with Gasteiger partial charge >= 0.3 is 5.97 Å². The molecule has 1 aromatic heterocycles. The number of rotatable bonds is 2. The van der Waals surface area contributed by atoms with Crippen molar-refractivity contribution in [3.63, 3.8) is 0 Å². The third-order valence-corrected chi connectivity index (χ3v) is 3.06. The second-order valence-electron chi connectivity index (χ2n) is 3.32. The molecular formula is C11H10N2O2S. The molecule has 0 atom stereocenters. The molecule has 0 saturated carbocycles. The van der Waals surface area contributed by atoms with Crippen molar-refractivity contribution in [1.29, 1.82) is 0 Å². The zero-order valence-corrected chi connectivity index (χ0v) is 9.12. The highest BCUT2D eigenvalue weighted by atomic mass is 32.1. The number of anilines is 2. The molecule has 2 rings (SSSR count). The second-order valence-corrected chi connectivity index (χ2v) is 4.23. The van der Waals surface area contributed by atoms with E-state index in [4.69, 9.17) is 16.6 Å². The minimum Gasteiger partial charge on any atom is -0.478 e. The van der Waals surface area contributed by atoms with Crippen molar-refractivity contribution in [3.05, 3.63) is 35.2 Å². The lowest BCUT2D eigenvalue weighted by atomic mass is 10.0. The SMILES string of the molecule is Nc1ccc(-c2c(C(=O)O)csc2N)cc1. The van der Waals surface area contributed by atoms with Gasteiger partial charge in [-0.2, -0.15) is 0 Å². The predicted molar refractivity (Wildman–Crippen MR) is 65.5 cm³/mol. The van der Waals surface area contributed by atoms with Crippen LogP contribution in [0.3, 0.4) is 0 Å². The largest absolute Gasteiger partial charge is 0.478 e. The van der Waals surface area contributed by atoms with E-state index in [0.29, 0.717) is 16.3 Å². The fourth-order valence-electron chi connectivity index (χ4n) is 1.48. The summed E-state index contributed by atoms with van der Waals surface area (Å²) in [5.41, 5.74) is 13.5. The predicted octanol–water partition coefficient (Wildman–Crippen LogP) is 2.28. The van der Waals surface area contributed by atoms with Gasteiger partial charge in [0.15, 0.2) is 0 Å². The van der Waals surface area contributed by atoms with Gasteiger partial charge in [0, 0.05) is 16.6 Å². The normalized spacial score (nSPS) is 10.2. The van der Waals surface area contributed by atoms with Crippen LogP contribution < -0.4 is 11.5 Å². The fourth-order valence-corrected chi connectivity index (χ4v) is 2.29. The third kappa shape index (κ3) is 1.72. The molecule has 0 radical (unpaired) electrons. The van der Waals surface area contributed by atoms with Gasteiger partial charge in [-0.3, -0.25) is 0 Å². The Morgan fingerprint density at radius 3 is 2.38 bits per heavy atom. The number of carboxylic acid groups (broad SMARTS) is 1. The molecule has 0 unspecified atom stereocenters.